The summed E-state index contributed by atoms with van der Waals surface area (Å²) < 4.78 is 54.8. The van der Waals surface area contributed by atoms with Gasteiger partial charge in [0.15, 0.2) is 0 Å². The Balaban J connectivity index is 0.000000175. The molecular weight excluding hydrogens is 1080 g/mol. The van der Waals surface area contributed by atoms with E-state index in [0.717, 1.165) is 28.4 Å². The van der Waals surface area contributed by atoms with Crippen molar-refractivity contribution in [2.24, 2.45) is 17.8 Å². The maximum absolute atomic E-state index is 11.6. The molecule has 3 aromatic rings. The second-order valence-electron chi connectivity index (χ2n) is 13.2. The number of aromatic hydroxyl groups is 2. The van der Waals surface area contributed by atoms with Gasteiger partial charge in [-0.25, -0.2) is 0 Å². The van der Waals surface area contributed by atoms with E-state index in [0.29, 0.717) is 19.8 Å². The average Bonchev–Trinajstić information content (AvgIpc) is 4.08. The van der Waals surface area contributed by atoms with Crippen molar-refractivity contribution in [1.29, 1.82) is 0 Å². The van der Waals surface area contributed by atoms with Crippen LogP contribution in [0.5, 0.6) is 28.7 Å². The number of carbonyl (C=O) groups excluding carboxylic acids is 3. The molecule has 0 amide bonds. The van der Waals surface area contributed by atoms with Crippen molar-refractivity contribution in [2.45, 2.75) is 63.8 Å². The van der Waals surface area contributed by atoms with Crippen molar-refractivity contribution in [3.63, 3.8) is 0 Å². The molecule has 0 spiro atoms. The molecule has 3 heterocycles. The second kappa shape index (κ2) is 21.9. The van der Waals surface area contributed by atoms with Crippen LogP contribution in [0.4, 0.5) is 0 Å². The van der Waals surface area contributed by atoms with Crippen molar-refractivity contribution < 1.29 is 57.3 Å². The van der Waals surface area contributed by atoms with Gasteiger partial charge in [-0.1, -0.05) is 17.7 Å². The number of benzene rings is 3. The van der Waals surface area contributed by atoms with Gasteiger partial charge in [-0.3, -0.25) is 25.0 Å². The Morgan fingerprint density at radius 1 is 0.596 bits per heavy atom. The van der Waals surface area contributed by atoms with E-state index in [4.69, 9.17) is 32.7 Å². The van der Waals surface area contributed by atoms with Gasteiger partial charge in [0.1, 0.15) is 69.0 Å². The third kappa shape index (κ3) is 11.3. The number of phenols is 2. The van der Waals surface area contributed by atoms with Crippen LogP contribution in [0.15, 0.2) is 54.6 Å². The largest absolute Gasteiger partial charge is 0.508 e. The van der Waals surface area contributed by atoms with E-state index in [1.165, 1.54) is 21.7 Å². The van der Waals surface area contributed by atoms with E-state index in [9.17, 15) is 24.6 Å². The average molecular weight is 1140 g/mol. The highest BCUT2D eigenvalue weighted by atomic mass is 127. The van der Waals surface area contributed by atoms with Crippen molar-refractivity contribution in [2.75, 3.05) is 41.0 Å². The topological polar surface area (TPSA) is 183 Å². The predicted octanol–water partition coefficient (Wildman–Crippen LogP) is 6.56. The SMILES string of the molecule is CCOC(=O)C1C2Oc3ccc(C)cc3C21.CCOC(=O)C1C2Oc3ccc(O)cc3C21.CCOC(=O)[C@@H]1[C@H]2Oc3ccc(O)cc3[C@H]21.[3H]N(C)I.[3H]N(C)I.[3H]N(C)I. The smallest absolute Gasteiger partial charge is 0.313 e. The summed E-state index contributed by atoms with van der Waals surface area (Å²) in [6.45, 7) is 8.68. The van der Waals surface area contributed by atoms with Crippen LogP contribution in [0.1, 0.15) is 60.8 Å². The molecule has 3 aromatic carbocycles. The van der Waals surface area contributed by atoms with Crippen LogP contribution in [0, 0.1) is 24.7 Å². The summed E-state index contributed by atoms with van der Waals surface area (Å²) in [5, 5.41) is 18.8. The number of esters is 3. The fraction of sp³-hybridized carbons (Fsp3) is 0.475. The minimum Gasteiger partial charge on any atom is -0.508 e. The summed E-state index contributed by atoms with van der Waals surface area (Å²) in [5.41, 5.74) is 4.21. The molecule has 14 nitrogen and oxygen atoms in total. The third-order valence-electron chi connectivity index (χ3n) is 9.56. The van der Waals surface area contributed by atoms with Crippen LogP contribution in [-0.2, 0) is 28.6 Å². The normalized spacial score (nSPS) is 26.3. The first-order chi connectivity index (χ1) is 28.4. The molecule has 0 bridgehead atoms. The summed E-state index contributed by atoms with van der Waals surface area (Å²) in [4.78, 5) is 34.7. The first-order valence-corrected chi connectivity index (χ1v) is 21.2. The monoisotopic (exact) mass is 1140 g/mol. The third-order valence-corrected chi connectivity index (χ3v) is 9.56. The molecule has 57 heavy (non-hydrogen) atoms. The molecule has 3 saturated carbocycles. The Labute approximate surface area is 379 Å². The highest BCUT2D eigenvalue weighted by molar-refractivity contribution is 14.1. The number of halogens is 3. The van der Waals surface area contributed by atoms with Crippen molar-refractivity contribution >= 4 is 86.5 Å². The number of carbonyl (C=O) groups is 3. The van der Waals surface area contributed by atoms with E-state index in [1.54, 1.807) is 71.4 Å². The lowest BCUT2D eigenvalue weighted by molar-refractivity contribution is -0.146. The van der Waals surface area contributed by atoms with E-state index in [1.807, 2.05) is 87.7 Å². The van der Waals surface area contributed by atoms with Gasteiger partial charge in [0.25, 0.3) is 0 Å². The molecule has 17 heteroatoms. The molecule has 3 aliphatic heterocycles. The predicted molar refractivity (Wildman–Crippen MR) is 238 cm³/mol. The zero-order chi connectivity index (χ0) is 44.6. The molecule has 0 aromatic heterocycles. The highest BCUT2D eigenvalue weighted by Gasteiger charge is 2.65. The Hall–Kier alpha value is -2.86. The quantitative estimate of drug-likeness (QED) is 0.0775. The van der Waals surface area contributed by atoms with Gasteiger partial charge < -0.3 is 38.6 Å². The number of rotatable bonds is 6. The molecule has 3 aliphatic carbocycles. The van der Waals surface area contributed by atoms with Crippen LogP contribution in [0.25, 0.3) is 0 Å². The molecule has 3 fully saturated rings. The van der Waals surface area contributed by atoms with Crippen LogP contribution in [0.3, 0.4) is 0 Å². The van der Waals surface area contributed by atoms with E-state index in [-0.39, 0.29) is 83.2 Å². The minimum absolute atomic E-state index is 0.0239. The maximum Gasteiger partial charge on any atom is 0.313 e. The molecule has 6 unspecified atom stereocenters. The second-order valence-corrected chi connectivity index (χ2v) is 16.0. The fourth-order valence-corrected chi connectivity index (χ4v) is 7.24. The highest BCUT2D eigenvalue weighted by Crippen LogP contribution is 2.61. The Morgan fingerprint density at radius 3 is 1.18 bits per heavy atom. The fourth-order valence-electron chi connectivity index (χ4n) is 7.24. The first kappa shape index (κ1) is 42.3. The van der Waals surface area contributed by atoms with E-state index < -0.39 is 0 Å². The number of hydrogen-bond donors (Lipinski definition) is 5. The summed E-state index contributed by atoms with van der Waals surface area (Å²) in [6.07, 6.45) is -0.150. The molecule has 9 atom stereocenters. The molecule has 0 saturated heterocycles. The Morgan fingerprint density at radius 2 is 0.877 bits per heavy atom. The number of phenolic OH excluding ortho intramolecular Hbond substituents is 2. The van der Waals surface area contributed by atoms with E-state index in [2.05, 4.69) is 13.0 Å². The van der Waals surface area contributed by atoms with Crippen LogP contribution in [0.2, 0.25) is 4.24 Å². The van der Waals surface area contributed by atoms with Gasteiger partial charge in [0.2, 0.25) is 0 Å². The van der Waals surface area contributed by atoms with E-state index >= 15 is 0 Å². The van der Waals surface area contributed by atoms with Gasteiger partial charge in [0, 0.05) is 103 Å². The number of aryl methyl sites for hydroxylation is 1. The van der Waals surface area contributed by atoms with Gasteiger partial charge in [-0.15, -0.1) is 0 Å². The molecule has 5 N–H and O–H groups in total. The molecule has 9 rings (SSSR count). The summed E-state index contributed by atoms with van der Waals surface area (Å²) in [7, 11) is 4.96. The molecule has 312 valence electrons. The van der Waals surface area contributed by atoms with Crippen LogP contribution < -0.4 is 24.8 Å². The maximum atomic E-state index is 11.6. The zero-order valence-corrected chi connectivity index (χ0v) is 39.0. The Kier molecular flexibility index (Phi) is 16.3. The number of hydrogen-bond acceptors (Lipinski definition) is 14. The molecular formula is C40H50I3N3O11. The van der Waals surface area contributed by atoms with Gasteiger partial charge in [-0.2, -0.15) is 0 Å². The summed E-state index contributed by atoms with van der Waals surface area (Å²) in [6, 6.07) is 16.1. The summed E-state index contributed by atoms with van der Waals surface area (Å²) >= 11 is 5.53. The van der Waals surface area contributed by atoms with Crippen LogP contribution >= 0.6 is 68.6 Å². The number of ether oxygens (including phenoxy) is 6. The van der Waals surface area contributed by atoms with Crippen molar-refractivity contribution in [3.8, 4) is 28.7 Å². The zero-order valence-electron chi connectivity index (χ0n) is 35.6. The summed E-state index contributed by atoms with van der Waals surface area (Å²) in [5.74, 6) is 2.29. The standard InChI is InChI=1S/C13H14O3.2C12H12O4.3CH4IN/c1-3-15-13(14)11-10-8-6-7(2)4-5-9(8)16-12(10)11;2*1-2-15-12(14)10-9-7-5-6(13)3-4-8(7)16-11(9)10;3*1-3-2/h4-6,10-12H,3H2,1-2H3;2*3-5,9-11,13H,2H2,1H3;3*3H,1H3/t;9-,10-,11-;;;;/m.0..../s1/i/hT3. The number of nitrogens with one attached hydrogen (secondary N) is 3. The van der Waals surface area contributed by atoms with Gasteiger partial charge in [-0.05, 0) is 91.3 Å². The molecule has 0 radical (unpaired) electrons. The first-order valence-electron chi connectivity index (χ1n) is 19.6. The lowest BCUT2D eigenvalue weighted by Gasteiger charge is -2.08. The van der Waals surface area contributed by atoms with Crippen LogP contribution in [-0.4, -0.2) is 87.4 Å². The number of fused-ring (bicyclic) bond motifs is 9. The van der Waals surface area contributed by atoms with Gasteiger partial charge >= 0.3 is 17.9 Å². The lowest BCUT2D eigenvalue weighted by Crippen LogP contribution is -2.13. The van der Waals surface area contributed by atoms with Gasteiger partial charge in [0.05, 0.1) is 19.8 Å². The Bertz CT molecular complexity index is 1740. The van der Waals surface area contributed by atoms with Crippen molar-refractivity contribution in [1.82, 2.24) is 10.6 Å². The minimum atomic E-state index is -0.202. The lowest BCUT2D eigenvalue weighted by atomic mass is 10.1. The molecule has 6 aliphatic rings. The van der Waals surface area contributed by atoms with Crippen molar-refractivity contribution in [3.05, 3.63) is 76.9 Å².